The van der Waals surface area contributed by atoms with Gasteiger partial charge in [0.2, 0.25) is 5.91 Å². The van der Waals surface area contributed by atoms with Crippen molar-refractivity contribution < 1.29 is 27.4 Å². The molecule has 1 rings (SSSR count). The number of nitrogens with one attached hydrogen (secondary N) is 2. The van der Waals surface area contributed by atoms with Gasteiger partial charge in [-0.2, -0.15) is 13.2 Å². The minimum Gasteiger partial charge on any atom is -0.489 e. The van der Waals surface area contributed by atoms with E-state index in [4.69, 9.17) is 9.47 Å². The molecule has 0 spiro atoms. The third-order valence-electron chi connectivity index (χ3n) is 3.07. The van der Waals surface area contributed by atoms with Crippen molar-refractivity contribution in [2.24, 2.45) is 5.92 Å². The van der Waals surface area contributed by atoms with Crippen molar-refractivity contribution in [3.8, 4) is 5.75 Å². The number of carbonyl (C=O) groups is 1. The summed E-state index contributed by atoms with van der Waals surface area (Å²) in [6, 6.07) is 2.97. The van der Waals surface area contributed by atoms with Gasteiger partial charge in [-0.3, -0.25) is 4.79 Å². The molecule has 0 aliphatic rings. The van der Waals surface area contributed by atoms with Crippen LogP contribution in [0.4, 0.5) is 18.9 Å². The van der Waals surface area contributed by atoms with Gasteiger partial charge in [0.05, 0.1) is 17.9 Å². The van der Waals surface area contributed by atoms with Crippen molar-refractivity contribution in [2.45, 2.75) is 13.1 Å². The Bertz CT molecular complexity index is 527. The Morgan fingerprint density at radius 3 is 2.50 bits per heavy atom. The van der Waals surface area contributed by atoms with E-state index in [1.807, 2.05) is 0 Å². The number of halogens is 4. The smallest absolute Gasteiger partial charge is 0.416 e. The van der Waals surface area contributed by atoms with Crippen LogP contribution in [0, 0.1) is 5.92 Å². The molecule has 1 unspecified atom stereocenters. The Balaban J connectivity index is 0.00000529. The van der Waals surface area contributed by atoms with Gasteiger partial charge in [-0.05, 0) is 25.2 Å². The van der Waals surface area contributed by atoms with Crippen LogP contribution in [0.25, 0.3) is 0 Å². The molecule has 138 valence electrons. The molecule has 2 N–H and O–H groups in total. The Morgan fingerprint density at radius 2 is 1.96 bits per heavy atom. The number of methoxy groups -OCH3 is 1. The number of hydrogen-bond acceptors (Lipinski definition) is 4. The van der Waals surface area contributed by atoms with E-state index >= 15 is 0 Å². The monoisotopic (exact) mass is 370 g/mol. The molecular formula is C15H22ClF3N2O3. The summed E-state index contributed by atoms with van der Waals surface area (Å²) in [5, 5.41) is 5.33. The highest BCUT2D eigenvalue weighted by Crippen LogP contribution is 2.35. The average Bonchev–Trinajstić information content (AvgIpc) is 2.48. The zero-order valence-electron chi connectivity index (χ0n) is 13.7. The fraction of sp³-hybridized carbons (Fsp3) is 0.533. The van der Waals surface area contributed by atoms with Gasteiger partial charge in [0.15, 0.2) is 0 Å². The van der Waals surface area contributed by atoms with Crippen LogP contribution in [-0.4, -0.2) is 39.8 Å². The highest BCUT2D eigenvalue weighted by molar-refractivity contribution is 5.94. The molecule has 0 saturated heterocycles. The van der Waals surface area contributed by atoms with E-state index in [0.717, 1.165) is 12.1 Å². The summed E-state index contributed by atoms with van der Waals surface area (Å²) in [7, 11) is 3.17. The molecule has 9 heteroatoms. The van der Waals surface area contributed by atoms with Crippen LogP contribution in [0.15, 0.2) is 18.2 Å². The number of ether oxygens (including phenoxy) is 2. The van der Waals surface area contributed by atoms with Crippen molar-refractivity contribution in [3.05, 3.63) is 23.8 Å². The number of benzene rings is 1. The van der Waals surface area contributed by atoms with E-state index in [9.17, 15) is 18.0 Å². The first kappa shape index (κ1) is 22.5. The second-order valence-electron chi connectivity index (χ2n) is 5.00. The summed E-state index contributed by atoms with van der Waals surface area (Å²) in [6.45, 7) is 2.52. The zero-order chi connectivity index (χ0) is 17.5. The van der Waals surface area contributed by atoms with Gasteiger partial charge in [-0.15, -0.1) is 12.4 Å². The molecule has 1 amide bonds. The molecule has 0 bridgehead atoms. The van der Waals surface area contributed by atoms with Gasteiger partial charge in [-0.25, -0.2) is 0 Å². The molecule has 1 aromatic rings. The number of hydrogen-bond donors (Lipinski definition) is 2. The van der Waals surface area contributed by atoms with E-state index in [1.165, 1.54) is 13.2 Å². The summed E-state index contributed by atoms with van der Waals surface area (Å²) < 4.78 is 48.7. The van der Waals surface area contributed by atoms with Crippen LogP contribution in [0.5, 0.6) is 5.75 Å². The topological polar surface area (TPSA) is 59.6 Å². The maximum absolute atomic E-state index is 12.8. The Morgan fingerprint density at radius 1 is 1.29 bits per heavy atom. The Kier molecular flexibility index (Phi) is 9.72. The maximum atomic E-state index is 12.8. The van der Waals surface area contributed by atoms with Crippen LogP contribution in [-0.2, 0) is 15.7 Å². The van der Waals surface area contributed by atoms with Crippen molar-refractivity contribution in [1.82, 2.24) is 5.32 Å². The largest absolute Gasteiger partial charge is 0.489 e. The maximum Gasteiger partial charge on any atom is 0.416 e. The fourth-order valence-corrected chi connectivity index (χ4v) is 1.82. The molecule has 0 aliphatic heterocycles. The Labute approximate surface area is 145 Å². The van der Waals surface area contributed by atoms with Gasteiger partial charge in [-0.1, -0.05) is 6.92 Å². The summed E-state index contributed by atoms with van der Waals surface area (Å²) >= 11 is 0. The number of alkyl halides is 3. The van der Waals surface area contributed by atoms with E-state index in [2.05, 4.69) is 10.6 Å². The van der Waals surface area contributed by atoms with Crippen LogP contribution in [0.3, 0.4) is 0 Å². The highest BCUT2D eigenvalue weighted by atomic mass is 35.5. The standard InChI is InChI=1S/C15H21F3N2O3.ClH/c1-10(9-19-2)14(21)20-12-8-11(15(16,17)18)4-5-13(12)23-7-6-22-3;/h4-5,8,10,19H,6-7,9H2,1-3H3,(H,20,21);1H. The quantitative estimate of drug-likeness (QED) is 0.691. The first-order valence-corrected chi connectivity index (χ1v) is 7.08. The molecule has 0 aliphatic carbocycles. The molecule has 0 radical (unpaired) electrons. The molecule has 0 fully saturated rings. The number of anilines is 1. The lowest BCUT2D eigenvalue weighted by atomic mass is 10.1. The van der Waals surface area contributed by atoms with E-state index in [0.29, 0.717) is 6.54 Å². The molecule has 0 saturated carbocycles. The molecule has 0 aromatic heterocycles. The lowest BCUT2D eigenvalue weighted by molar-refractivity contribution is -0.137. The van der Waals surface area contributed by atoms with E-state index in [-0.39, 0.29) is 37.1 Å². The van der Waals surface area contributed by atoms with Gasteiger partial charge < -0.3 is 20.1 Å². The SMILES string of the molecule is CNCC(C)C(=O)Nc1cc(C(F)(F)F)ccc1OCCOC.Cl. The number of amides is 1. The summed E-state index contributed by atoms with van der Waals surface area (Å²) in [5.74, 6) is -0.628. The first-order valence-electron chi connectivity index (χ1n) is 7.08. The third kappa shape index (κ3) is 6.94. The van der Waals surface area contributed by atoms with Crippen LogP contribution in [0.2, 0.25) is 0 Å². The molecule has 1 aromatic carbocycles. The Hall–Kier alpha value is -1.51. The molecule has 0 heterocycles. The predicted octanol–water partition coefficient (Wildman–Crippen LogP) is 2.95. The van der Waals surface area contributed by atoms with Crippen LogP contribution < -0.4 is 15.4 Å². The first-order chi connectivity index (χ1) is 10.8. The summed E-state index contributed by atoms with van der Waals surface area (Å²) in [4.78, 5) is 12.0. The summed E-state index contributed by atoms with van der Waals surface area (Å²) in [5.41, 5.74) is -0.864. The number of carbonyl (C=O) groups excluding carboxylic acids is 1. The minimum absolute atomic E-state index is 0. The lowest BCUT2D eigenvalue weighted by Crippen LogP contribution is -2.29. The fourth-order valence-electron chi connectivity index (χ4n) is 1.82. The number of rotatable bonds is 8. The second-order valence-corrected chi connectivity index (χ2v) is 5.00. The second kappa shape index (κ2) is 10.4. The van der Waals surface area contributed by atoms with E-state index < -0.39 is 23.6 Å². The van der Waals surface area contributed by atoms with Crippen molar-refractivity contribution in [3.63, 3.8) is 0 Å². The van der Waals surface area contributed by atoms with Gasteiger partial charge in [0, 0.05) is 19.6 Å². The van der Waals surface area contributed by atoms with Crippen molar-refractivity contribution >= 4 is 24.0 Å². The van der Waals surface area contributed by atoms with Gasteiger partial charge >= 0.3 is 6.18 Å². The third-order valence-corrected chi connectivity index (χ3v) is 3.07. The minimum atomic E-state index is -4.50. The molecule has 24 heavy (non-hydrogen) atoms. The van der Waals surface area contributed by atoms with Crippen molar-refractivity contribution in [1.29, 1.82) is 0 Å². The van der Waals surface area contributed by atoms with E-state index in [1.54, 1.807) is 14.0 Å². The highest BCUT2D eigenvalue weighted by Gasteiger charge is 2.31. The molecule has 5 nitrogen and oxygen atoms in total. The molecule has 1 atom stereocenters. The van der Waals surface area contributed by atoms with Crippen LogP contribution >= 0.6 is 12.4 Å². The average molecular weight is 371 g/mol. The van der Waals surface area contributed by atoms with Crippen molar-refractivity contribution in [2.75, 3.05) is 39.2 Å². The zero-order valence-corrected chi connectivity index (χ0v) is 14.5. The van der Waals surface area contributed by atoms with Gasteiger partial charge in [0.25, 0.3) is 0 Å². The van der Waals surface area contributed by atoms with Gasteiger partial charge in [0.1, 0.15) is 12.4 Å². The van der Waals surface area contributed by atoms with Crippen LogP contribution in [0.1, 0.15) is 12.5 Å². The predicted molar refractivity (Wildman–Crippen MR) is 87.8 cm³/mol. The lowest BCUT2D eigenvalue weighted by Gasteiger charge is -2.17. The normalized spacial score (nSPS) is 12.2. The summed E-state index contributed by atoms with van der Waals surface area (Å²) in [6.07, 6.45) is -4.50. The molecular weight excluding hydrogens is 349 g/mol.